The molecule has 0 aliphatic heterocycles. The van der Waals surface area contributed by atoms with Crippen LogP contribution >= 0.6 is 27.3 Å². The fourth-order valence-corrected chi connectivity index (χ4v) is 5.13. The molecule has 0 bridgehead atoms. The number of hydrogen-bond donors (Lipinski definition) is 0. The van der Waals surface area contributed by atoms with Gasteiger partial charge in [-0.2, -0.15) is 0 Å². The molecular formula is C19H11BrS. The van der Waals surface area contributed by atoms with Gasteiger partial charge in [0.25, 0.3) is 0 Å². The maximum atomic E-state index is 3.71. The summed E-state index contributed by atoms with van der Waals surface area (Å²) in [5.41, 5.74) is 5.71. The summed E-state index contributed by atoms with van der Waals surface area (Å²) >= 11 is 5.61. The van der Waals surface area contributed by atoms with Crippen molar-refractivity contribution in [3.8, 4) is 11.1 Å². The van der Waals surface area contributed by atoms with E-state index in [2.05, 4.69) is 70.5 Å². The van der Waals surface area contributed by atoms with Crippen LogP contribution in [0.3, 0.4) is 0 Å². The van der Waals surface area contributed by atoms with Crippen LogP contribution in [0.2, 0.25) is 0 Å². The third-order valence-electron chi connectivity index (χ3n) is 4.41. The molecule has 1 aliphatic carbocycles. The van der Waals surface area contributed by atoms with Crippen LogP contribution in [-0.2, 0) is 6.42 Å². The first-order valence-corrected chi connectivity index (χ1v) is 8.65. The Bertz CT molecular complexity index is 1030. The molecule has 21 heavy (non-hydrogen) atoms. The molecule has 2 heteroatoms. The number of rotatable bonds is 0. The lowest BCUT2D eigenvalue weighted by molar-refractivity contribution is 1.27. The summed E-state index contributed by atoms with van der Waals surface area (Å²) in [6.07, 6.45) is 1.03. The molecule has 1 heterocycles. The van der Waals surface area contributed by atoms with Gasteiger partial charge in [-0.1, -0.05) is 52.3 Å². The molecule has 0 spiro atoms. The molecule has 0 fully saturated rings. The molecule has 3 aromatic carbocycles. The normalized spacial score (nSPS) is 12.8. The Morgan fingerprint density at radius 1 is 0.762 bits per heavy atom. The van der Waals surface area contributed by atoms with Gasteiger partial charge in [0, 0.05) is 31.1 Å². The highest BCUT2D eigenvalue weighted by molar-refractivity contribution is 9.10. The maximum absolute atomic E-state index is 3.71. The van der Waals surface area contributed by atoms with Gasteiger partial charge < -0.3 is 0 Å². The summed E-state index contributed by atoms with van der Waals surface area (Å²) in [6.45, 7) is 0. The second-order valence-corrected chi connectivity index (χ2v) is 7.44. The van der Waals surface area contributed by atoms with Crippen LogP contribution in [0.1, 0.15) is 11.1 Å². The minimum atomic E-state index is 1.03. The highest BCUT2D eigenvalue weighted by atomic mass is 79.9. The van der Waals surface area contributed by atoms with Gasteiger partial charge in [-0.05, 0) is 40.5 Å². The van der Waals surface area contributed by atoms with Crippen LogP contribution in [0.4, 0.5) is 0 Å². The van der Waals surface area contributed by atoms with Gasteiger partial charge in [0.1, 0.15) is 0 Å². The third-order valence-corrected chi connectivity index (χ3v) is 6.29. The van der Waals surface area contributed by atoms with E-state index in [1.54, 1.807) is 0 Å². The summed E-state index contributed by atoms with van der Waals surface area (Å²) in [5, 5.41) is 2.86. The number of halogens is 1. The molecule has 5 rings (SSSR count). The summed E-state index contributed by atoms with van der Waals surface area (Å²) in [5.74, 6) is 0. The number of fused-ring (bicyclic) bond motifs is 7. The Kier molecular flexibility index (Phi) is 2.38. The smallest absolute Gasteiger partial charge is 0.0358 e. The second kappa shape index (κ2) is 4.19. The first-order valence-electron chi connectivity index (χ1n) is 7.04. The third kappa shape index (κ3) is 1.55. The van der Waals surface area contributed by atoms with E-state index in [1.165, 1.54) is 46.9 Å². The monoisotopic (exact) mass is 350 g/mol. The second-order valence-electron chi connectivity index (χ2n) is 5.51. The largest absolute Gasteiger partial charge is 0.135 e. The highest BCUT2D eigenvalue weighted by Gasteiger charge is 2.23. The molecule has 0 nitrogen and oxygen atoms in total. The topological polar surface area (TPSA) is 0 Å². The van der Waals surface area contributed by atoms with Crippen molar-refractivity contribution in [1.82, 2.24) is 0 Å². The van der Waals surface area contributed by atoms with Crippen LogP contribution in [-0.4, -0.2) is 0 Å². The van der Waals surface area contributed by atoms with Crippen molar-refractivity contribution in [3.63, 3.8) is 0 Å². The van der Waals surface area contributed by atoms with Gasteiger partial charge in [0.15, 0.2) is 0 Å². The molecule has 1 aromatic heterocycles. The van der Waals surface area contributed by atoms with E-state index >= 15 is 0 Å². The molecule has 0 atom stereocenters. The SMILES string of the molecule is Brc1cccc2c1Cc1c-2ccc2sc3ccccc3c12. The Hall–Kier alpha value is -1.64. The quantitative estimate of drug-likeness (QED) is 0.303. The molecule has 0 saturated heterocycles. The van der Waals surface area contributed by atoms with Crippen molar-refractivity contribution in [2.24, 2.45) is 0 Å². The Balaban J connectivity index is 1.94. The Labute approximate surface area is 135 Å². The van der Waals surface area contributed by atoms with Crippen LogP contribution in [0.15, 0.2) is 59.1 Å². The summed E-state index contributed by atoms with van der Waals surface area (Å²) in [6, 6.07) is 19.9. The Morgan fingerprint density at radius 3 is 2.57 bits per heavy atom. The fourth-order valence-electron chi connectivity index (χ4n) is 3.49. The predicted molar refractivity (Wildman–Crippen MR) is 95.3 cm³/mol. The van der Waals surface area contributed by atoms with Crippen LogP contribution in [0.25, 0.3) is 31.3 Å². The van der Waals surface area contributed by atoms with Gasteiger partial charge in [-0.15, -0.1) is 11.3 Å². The van der Waals surface area contributed by atoms with Crippen molar-refractivity contribution in [1.29, 1.82) is 0 Å². The van der Waals surface area contributed by atoms with Crippen LogP contribution in [0.5, 0.6) is 0 Å². The van der Waals surface area contributed by atoms with Crippen molar-refractivity contribution < 1.29 is 0 Å². The fraction of sp³-hybridized carbons (Fsp3) is 0.0526. The van der Waals surface area contributed by atoms with Crippen molar-refractivity contribution >= 4 is 47.4 Å². The van der Waals surface area contributed by atoms with Crippen molar-refractivity contribution in [2.45, 2.75) is 6.42 Å². The van der Waals surface area contributed by atoms with Crippen molar-refractivity contribution in [3.05, 3.63) is 70.2 Å². The van der Waals surface area contributed by atoms with Gasteiger partial charge >= 0.3 is 0 Å². The van der Waals surface area contributed by atoms with E-state index < -0.39 is 0 Å². The van der Waals surface area contributed by atoms with Crippen LogP contribution in [0, 0.1) is 0 Å². The highest BCUT2D eigenvalue weighted by Crippen LogP contribution is 2.46. The lowest BCUT2D eigenvalue weighted by Crippen LogP contribution is -1.83. The molecular weight excluding hydrogens is 340 g/mol. The minimum absolute atomic E-state index is 1.03. The zero-order valence-electron chi connectivity index (χ0n) is 11.2. The lowest BCUT2D eigenvalue weighted by atomic mass is 10.0. The van der Waals surface area contributed by atoms with E-state index in [0.29, 0.717) is 0 Å². The predicted octanol–water partition coefficient (Wildman–Crippen LogP) is 6.39. The lowest BCUT2D eigenvalue weighted by Gasteiger charge is -2.02. The van der Waals surface area contributed by atoms with E-state index in [4.69, 9.17) is 0 Å². The molecule has 100 valence electrons. The zero-order valence-corrected chi connectivity index (χ0v) is 13.6. The molecule has 0 unspecified atom stereocenters. The summed E-state index contributed by atoms with van der Waals surface area (Å²) in [7, 11) is 0. The average Bonchev–Trinajstić information content (AvgIpc) is 3.05. The molecule has 0 N–H and O–H groups in total. The number of hydrogen-bond acceptors (Lipinski definition) is 1. The van der Waals surface area contributed by atoms with Gasteiger partial charge in [-0.25, -0.2) is 0 Å². The van der Waals surface area contributed by atoms with Crippen molar-refractivity contribution in [2.75, 3.05) is 0 Å². The first-order chi connectivity index (χ1) is 10.3. The maximum Gasteiger partial charge on any atom is 0.0358 e. The number of thiophene rings is 1. The molecule has 1 aliphatic rings. The van der Waals surface area contributed by atoms with E-state index in [1.807, 2.05) is 11.3 Å². The van der Waals surface area contributed by atoms with Gasteiger partial charge in [0.2, 0.25) is 0 Å². The molecule has 0 radical (unpaired) electrons. The summed E-state index contributed by atoms with van der Waals surface area (Å²) < 4.78 is 4.01. The Morgan fingerprint density at radius 2 is 1.62 bits per heavy atom. The van der Waals surface area contributed by atoms with E-state index in [0.717, 1.165) is 6.42 Å². The minimum Gasteiger partial charge on any atom is -0.135 e. The zero-order chi connectivity index (χ0) is 14.0. The number of benzene rings is 3. The van der Waals surface area contributed by atoms with Gasteiger partial charge in [-0.3, -0.25) is 0 Å². The van der Waals surface area contributed by atoms with E-state index in [-0.39, 0.29) is 0 Å². The summed E-state index contributed by atoms with van der Waals surface area (Å²) in [4.78, 5) is 0. The molecule has 0 saturated carbocycles. The molecule has 0 amide bonds. The standard InChI is InChI=1S/C19H11BrS/c20-16-6-3-5-11-12-8-9-18-19(15(12)10-14(11)16)13-4-1-2-7-17(13)21-18/h1-9H,10H2. The first kappa shape index (κ1) is 12.0. The average molecular weight is 351 g/mol. The van der Waals surface area contributed by atoms with E-state index in [9.17, 15) is 0 Å². The van der Waals surface area contributed by atoms with Crippen LogP contribution < -0.4 is 0 Å². The molecule has 4 aromatic rings. The van der Waals surface area contributed by atoms with Gasteiger partial charge in [0.05, 0.1) is 0 Å².